The molecule has 176 valence electrons. The second kappa shape index (κ2) is 10.2. The lowest BCUT2D eigenvalue weighted by molar-refractivity contribution is -0.192. The third kappa shape index (κ3) is 6.10. The van der Waals surface area contributed by atoms with Crippen LogP contribution in [0.4, 0.5) is 13.2 Å². The maximum atomic E-state index is 12.6. The number of carboxylic acids is 1. The first-order valence-electron chi connectivity index (χ1n) is 10.0. The minimum Gasteiger partial charge on any atom is -0.475 e. The maximum Gasteiger partial charge on any atom is 0.490 e. The predicted octanol–water partition coefficient (Wildman–Crippen LogP) is 2.62. The molecule has 3 atom stereocenters. The molecule has 1 amide bonds. The molecule has 2 fully saturated rings. The standard InChI is InChI=1S/C18H23N3O4.C2HF3O2/c1-12-15(8-19-25-12)18(22)20-16-11-21(10-14-5-3-6-23-14)9-13-4-2-7-24-17(13)16;3-2(4,5)1(6)7/h3,5-6,8,13,16-17H,2,4,7,9-11H2,1H3,(H,20,22);(H,6,7)/t13-,16+,17-;/m0./s1. The highest BCUT2D eigenvalue weighted by Gasteiger charge is 2.40. The third-order valence-corrected chi connectivity index (χ3v) is 5.35. The number of nitrogens with zero attached hydrogens (tertiary/aromatic N) is 2. The number of hydrogen-bond acceptors (Lipinski definition) is 7. The Balaban J connectivity index is 0.000000360. The average Bonchev–Trinajstić information content (AvgIpc) is 3.39. The van der Waals surface area contributed by atoms with Crippen molar-refractivity contribution in [1.29, 1.82) is 0 Å². The number of alkyl halides is 3. The molecule has 9 nitrogen and oxygen atoms in total. The molecule has 2 N–H and O–H groups in total. The first-order valence-corrected chi connectivity index (χ1v) is 10.0. The van der Waals surface area contributed by atoms with Crippen molar-refractivity contribution in [1.82, 2.24) is 15.4 Å². The Kier molecular flexibility index (Phi) is 7.56. The molecule has 2 aliphatic rings. The van der Waals surface area contributed by atoms with Crippen molar-refractivity contribution in [3.63, 3.8) is 0 Å². The molecule has 12 heteroatoms. The molecule has 0 radical (unpaired) electrons. The van der Waals surface area contributed by atoms with Crippen LogP contribution in [-0.4, -0.2) is 65.1 Å². The monoisotopic (exact) mass is 459 g/mol. The van der Waals surface area contributed by atoms with Crippen molar-refractivity contribution >= 4 is 11.9 Å². The summed E-state index contributed by atoms with van der Waals surface area (Å²) < 4.78 is 48.2. The van der Waals surface area contributed by atoms with Gasteiger partial charge in [-0.25, -0.2) is 4.79 Å². The molecule has 2 aromatic rings. The van der Waals surface area contributed by atoms with Gasteiger partial charge in [-0.2, -0.15) is 13.2 Å². The van der Waals surface area contributed by atoms with Crippen molar-refractivity contribution in [2.45, 2.75) is 44.6 Å². The predicted molar refractivity (Wildman–Crippen MR) is 103 cm³/mol. The number of likely N-dealkylation sites (tertiary alicyclic amines) is 1. The van der Waals surface area contributed by atoms with Crippen LogP contribution in [0.15, 0.2) is 33.5 Å². The van der Waals surface area contributed by atoms with Crippen molar-refractivity contribution < 1.29 is 41.5 Å². The molecule has 32 heavy (non-hydrogen) atoms. The van der Waals surface area contributed by atoms with Crippen LogP contribution in [0, 0.1) is 12.8 Å². The summed E-state index contributed by atoms with van der Waals surface area (Å²) in [5.41, 5.74) is 0.482. The molecule has 4 heterocycles. The number of fused-ring (bicyclic) bond motifs is 1. The number of aromatic nitrogens is 1. The molecule has 2 aliphatic heterocycles. The van der Waals surface area contributed by atoms with Crippen LogP contribution in [0.5, 0.6) is 0 Å². The second-order valence-electron chi connectivity index (χ2n) is 7.69. The fraction of sp³-hybridized carbons (Fsp3) is 0.550. The minimum atomic E-state index is -5.08. The van der Waals surface area contributed by atoms with Gasteiger partial charge in [-0.1, -0.05) is 5.16 Å². The Labute approximate surface area is 181 Å². The van der Waals surface area contributed by atoms with Crippen LogP contribution in [0.1, 0.15) is 34.7 Å². The Morgan fingerprint density at radius 3 is 2.69 bits per heavy atom. The summed E-state index contributed by atoms with van der Waals surface area (Å²) in [6.45, 7) is 4.95. The van der Waals surface area contributed by atoms with Crippen LogP contribution in [0.3, 0.4) is 0 Å². The zero-order chi connectivity index (χ0) is 23.3. The van der Waals surface area contributed by atoms with Gasteiger partial charge in [0.25, 0.3) is 5.91 Å². The first-order chi connectivity index (χ1) is 15.1. The van der Waals surface area contributed by atoms with Gasteiger partial charge in [0.15, 0.2) is 0 Å². The lowest BCUT2D eigenvalue weighted by Crippen LogP contribution is -2.60. The van der Waals surface area contributed by atoms with E-state index in [0.29, 0.717) is 17.2 Å². The summed E-state index contributed by atoms with van der Waals surface area (Å²) in [7, 11) is 0. The van der Waals surface area contributed by atoms with Gasteiger partial charge in [-0.15, -0.1) is 0 Å². The SMILES string of the molecule is Cc1oncc1C(=O)N[C@@H]1CN(Cc2ccco2)C[C@@H]2CCCO[C@@H]21.O=C(O)C(F)(F)F. The Morgan fingerprint density at radius 2 is 2.09 bits per heavy atom. The molecule has 0 saturated carbocycles. The number of rotatable bonds is 4. The number of furan rings is 1. The maximum absolute atomic E-state index is 12.6. The zero-order valence-electron chi connectivity index (χ0n) is 17.3. The molecule has 0 aliphatic carbocycles. The summed E-state index contributed by atoms with van der Waals surface area (Å²) in [6, 6.07) is 3.83. The number of halogens is 3. The molecule has 2 saturated heterocycles. The Hall–Kier alpha value is -2.86. The van der Waals surface area contributed by atoms with E-state index < -0.39 is 12.1 Å². The van der Waals surface area contributed by atoms with Crippen molar-refractivity contribution in [3.05, 3.63) is 41.7 Å². The Morgan fingerprint density at radius 1 is 1.34 bits per heavy atom. The third-order valence-electron chi connectivity index (χ3n) is 5.35. The van der Waals surface area contributed by atoms with Gasteiger partial charge in [0.1, 0.15) is 17.1 Å². The van der Waals surface area contributed by atoms with E-state index in [1.54, 1.807) is 13.2 Å². The van der Waals surface area contributed by atoms with Crippen molar-refractivity contribution in [2.75, 3.05) is 19.7 Å². The van der Waals surface area contributed by atoms with Crippen LogP contribution in [0.25, 0.3) is 0 Å². The summed E-state index contributed by atoms with van der Waals surface area (Å²) in [5.74, 6) is -1.02. The van der Waals surface area contributed by atoms with E-state index in [-0.39, 0.29) is 18.1 Å². The van der Waals surface area contributed by atoms with Crippen LogP contribution in [-0.2, 0) is 16.1 Å². The summed E-state index contributed by atoms with van der Waals surface area (Å²) in [4.78, 5) is 23.8. The number of amides is 1. The van der Waals surface area contributed by atoms with Gasteiger partial charge in [-0.3, -0.25) is 9.69 Å². The molecule has 2 aromatic heterocycles. The van der Waals surface area contributed by atoms with E-state index in [0.717, 1.165) is 44.8 Å². The van der Waals surface area contributed by atoms with Gasteiger partial charge in [-0.05, 0) is 37.8 Å². The number of ether oxygens (including phenoxy) is 1. The molecule has 0 aromatic carbocycles. The average molecular weight is 459 g/mol. The highest BCUT2D eigenvalue weighted by Crippen LogP contribution is 2.30. The highest BCUT2D eigenvalue weighted by molar-refractivity contribution is 5.95. The number of hydrogen-bond donors (Lipinski definition) is 2. The quantitative estimate of drug-likeness (QED) is 0.717. The fourth-order valence-electron chi connectivity index (χ4n) is 3.94. The number of aryl methyl sites for hydroxylation is 1. The van der Waals surface area contributed by atoms with Gasteiger partial charge >= 0.3 is 12.1 Å². The normalized spacial score (nSPS) is 23.6. The van der Waals surface area contributed by atoms with Crippen molar-refractivity contribution in [2.24, 2.45) is 5.92 Å². The highest BCUT2D eigenvalue weighted by atomic mass is 19.4. The first kappa shape index (κ1) is 23.8. The number of aliphatic carboxylic acids is 1. The van der Waals surface area contributed by atoms with Gasteiger partial charge in [0, 0.05) is 19.7 Å². The zero-order valence-corrected chi connectivity index (χ0v) is 17.3. The molecular weight excluding hydrogens is 435 g/mol. The molecule has 0 spiro atoms. The van der Waals surface area contributed by atoms with Crippen LogP contribution < -0.4 is 5.32 Å². The second-order valence-corrected chi connectivity index (χ2v) is 7.69. The number of carboxylic acid groups (broad SMARTS) is 1. The van der Waals surface area contributed by atoms with Gasteiger partial charge < -0.3 is 24.1 Å². The Bertz CT molecular complexity index is 899. The largest absolute Gasteiger partial charge is 0.490 e. The number of carbonyl (C=O) groups is 2. The minimum absolute atomic E-state index is 0.0594. The smallest absolute Gasteiger partial charge is 0.475 e. The van der Waals surface area contributed by atoms with E-state index in [1.165, 1.54) is 6.20 Å². The number of piperidine rings is 1. The lowest BCUT2D eigenvalue weighted by atomic mass is 9.85. The van der Waals surface area contributed by atoms with Crippen LogP contribution in [0.2, 0.25) is 0 Å². The molecule has 4 rings (SSSR count). The fourth-order valence-corrected chi connectivity index (χ4v) is 3.94. The van der Waals surface area contributed by atoms with Gasteiger partial charge in [0.2, 0.25) is 0 Å². The topological polar surface area (TPSA) is 118 Å². The van der Waals surface area contributed by atoms with E-state index in [1.807, 2.05) is 12.1 Å². The van der Waals surface area contributed by atoms with E-state index in [2.05, 4.69) is 15.4 Å². The van der Waals surface area contributed by atoms with E-state index >= 15 is 0 Å². The summed E-state index contributed by atoms with van der Waals surface area (Å²) >= 11 is 0. The lowest BCUT2D eigenvalue weighted by Gasteiger charge is -2.45. The number of nitrogens with one attached hydrogen (secondary N) is 1. The molecule has 0 bridgehead atoms. The summed E-state index contributed by atoms with van der Waals surface area (Å²) in [6.07, 6.45) is 0.331. The summed E-state index contributed by atoms with van der Waals surface area (Å²) in [5, 5.41) is 14.0. The van der Waals surface area contributed by atoms with Gasteiger partial charge in [0.05, 0.1) is 31.2 Å². The molecular formula is C20H24F3N3O6. The van der Waals surface area contributed by atoms with E-state index in [4.69, 9.17) is 23.6 Å². The number of carbonyl (C=O) groups excluding carboxylic acids is 1. The molecule has 0 unspecified atom stereocenters. The van der Waals surface area contributed by atoms with E-state index in [9.17, 15) is 18.0 Å². The van der Waals surface area contributed by atoms with Crippen LogP contribution >= 0.6 is 0 Å². The van der Waals surface area contributed by atoms with Crippen molar-refractivity contribution in [3.8, 4) is 0 Å².